The van der Waals surface area contributed by atoms with Crippen LogP contribution in [0.2, 0.25) is 5.02 Å². The zero-order valence-electron chi connectivity index (χ0n) is 17.8. The maximum Gasteiger partial charge on any atom is 0.285 e. The van der Waals surface area contributed by atoms with E-state index in [9.17, 15) is 22.8 Å². The highest BCUT2D eigenvalue weighted by Crippen LogP contribution is 2.31. The average molecular weight is 483 g/mol. The van der Waals surface area contributed by atoms with Crippen LogP contribution < -0.4 is 21.1 Å². The van der Waals surface area contributed by atoms with E-state index in [4.69, 9.17) is 17.0 Å². The van der Waals surface area contributed by atoms with Gasteiger partial charge >= 0.3 is 0 Å². The molecule has 0 fully saturated rings. The average Bonchev–Trinajstić information content (AvgIpc) is 2.80. The number of amides is 1. The maximum atomic E-state index is 13.5. The summed E-state index contributed by atoms with van der Waals surface area (Å²) in [4.78, 5) is 25.7. The Morgan fingerprint density at radius 1 is 1.33 bits per heavy atom. The summed E-state index contributed by atoms with van der Waals surface area (Å²) in [5.74, 6) is -1.40. The van der Waals surface area contributed by atoms with Gasteiger partial charge in [-0.25, -0.2) is 18.3 Å². The van der Waals surface area contributed by atoms with Crippen molar-refractivity contribution in [2.75, 3.05) is 25.0 Å². The Balaban J connectivity index is 1.98. The lowest BCUT2D eigenvalue weighted by atomic mass is 9.97. The van der Waals surface area contributed by atoms with Crippen molar-refractivity contribution in [1.82, 2.24) is 20.8 Å². The molecule has 2 heterocycles. The van der Waals surface area contributed by atoms with Crippen molar-refractivity contribution >= 4 is 28.9 Å². The molecule has 4 N–H and O–H groups in total. The predicted octanol–water partition coefficient (Wildman–Crippen LogP) is 3.08. The smallest absolute Gasteiger partial charge is 0.285 e. The summed E-state index contributed by atoms with van der Waals surface area (Å²) in [5.41, 5.74) is 0.0309. The monoisotopic (exact) mass is 482 g/mol. The fraction of sp³-hybridized carbons (Fsp3) is 0.333. The highest BCUT2D eigenvalue weighted by Gasteiger charge is 2.28. The zero-order chi connectivity index (χ0) is 24.3. The Bertz CT molecular complexity index is 1170. The fourth-order valence-corrected chi connectivity index (χ4v) is 3.89. The SMILES string of the molecule is CNC(=O)C(=N)C1=C(NC(C)c2ccc(F)cc2C(F)F)CCN(c2cn[nH]c(=O)c2Cl)C1. The molecule has 2 aromatic rings. The second-order valence-electron chi connectivity index (χ2n) is 7.42. The summed E-state index contributed by atoms with van der Waals surface area (Å²) in [6.07, 6.45) is -1.20. The van der Waals surface area contributed by atoms with E-state index in [2.05, 4.69) is 20.8 Å². The van der Waals surface area contributed by atoms with E-state index < -0.39 is 35.3 Å². The van der Waals surface area contributed by atoms with Crippen molar-refractivity contribution in [3.63, 3.8) is 0 Å². The lowest BCUT2D eigenvalue weighted by molar-refractivity contribution is -0.114. The number of alkyl halides is 2. The lowest BCUT2D eigenvalue weighted by Gasteiger charge is -2.34. The number of nitrogens with zero attached hydrogens (tertiary/aromatic N) is 2. The molecule has 1 aromatic heterocycles. The zero-order valence-corrected chi connectivity index (χ0v) is 18.6. The Morgan fingerprint density at radius 3 is 2.73 bits per heavy atom. The first kappa shape index (κ1) is 24.3. The van der Waals surface area contributed by atoms with E-state index in [1.807, 2.05) is 0 Å². The van der Waals surface area contributed by atoms with Gasteiger partial charge in [0.05, 0.1) is 11.9 Å². The Hall–Kier alpha value is -3.34. The second kappa shape index (κ2) is 10.1. The molecular weight excluding hydrogens is 461 g/mol. The van der Waals surface area contributed by atoms with Crippen molar-refractivity contribution < 1.29 is 18.0 Å². The molecule has 0 saturated carbocycles. The number of halogens is 4. The van der Waals surface area contributed by atoms with Crippen LogP contribution in [0.5, 0.6) is 0 Å². The van der Waals surface area contributed by atoms with Gasteiger partial charge in [0.25, 0.3) is 17.9 Å². The number of H-pyrrole nitrogens is 1. The molecule has 8 nitrogen and oxygen atoms in total. The van der Waals surface area contributed by atoms with E-state index in [-0.39, 0.29) is 22.8 Å². The number of aromatic amines is 1. The fourth-order valence-electron chi connectivity index (χ4n) is 3.68. The van der Waals surface area contributed by atoms with Crippen LogP contribution in [-0.2, 0) is 4.79 Å². The van der Waals surface area contributed by atoms with E-state index in [0.29, 0.717) is 29.9 Å². The minimum atomic E-state index is -2.87. The summed E-state index contributed by atoms with van der Waals surface area (Å²) >= 11 is 6.11. The third-order valence-electron chi connectivity index (χ3n) is 5.36. The molecule has 1 aliphatic heterocycles. The molecule has 1 aliphatic rings. The van der Waals surface area contributed by atoms with E-state index in [1.165, 1.54) is 19.3 Å². The summed E-state index contributed by atoms with van der Waals surface area (Å²) < 4.78 is 40.4. The van der Waals surface area contributed by atoms with Gasteiger partial charge in [0.15, 0.2) is 0 Å². The molecule has 12 heteroatoms. The molecule has 0 radical (unpaired) electrons. The number of aromatic nitrogens is 2. The topological polar surface area (TPSA) is 114 Å². The van der Waals surface area contributed by atoms with Gasteiger partial charge in [-0.3, -0.25) is 15.0 Å². The van der Waals surface area contributed by atoms with E-state index in [1.54, 1.807) is 11.8 Å². The lowest BCUT2D eigenvalue weighted by Crippen LogP contribution is -2.41. The van der Waals surface area contributed by atoms with E-state index in [0.717, 1.165) is 12.1 Å². The third kappa shape index (κ3) is 5.19. The Labute approximate surface area is 192 Å². The van der Waals surface area contributed by atoms with Crippen molar-refractivity contribution in [3.8, 4) is 0 Å². The molecule has 0 aliphatic carbocycles. The van der Waals surface area contributed by atoms with Gasteiger partial charge < -0.3 is 15.5 Å². The van der Waals surface area contributed by atoms with Gasteiger partial charge in [0, 0.05) is 49.4 Å². The first-order valence-electron chi connectivity index (χ1n) is 9.99. The van der Waals surface area contributed by atoms with Crippen LogP contribution in [0.1, 0.15) is 36.9 Å². The van der Waals surface area contributed by atoms with Gasteiger partial charge in [0.2, 0.25) is 0 Å². The molecule has 0 bridgehead atoms. The summed E-state index contributed by atoms with van der Waals surface area (Å²) in [7, 11) is 1.39. The standard InChI is InChI=1S/C21H22ClF3N6O2/c1-10(12-4-3-11(23)7-13(12)19(24)25)29-15-5-6-31(9-14(15)18(26)21(33)27-2)16-8-28-30-20(32)17(16)22/h3-4,7-8,10,19,26,29H,5-6,9H2,1-2H3,(H,27,33)(H,30,32). The van der Waals surface area contributed by atoms with Crippen LogP contribution in [0.15, 0.2) is 40.5 Å². The number of carbonyl (C=O) groups is 1. The number of nitrogens with one attached hydrogen (secondary N) is 4. The number of benzene rings is 1. The minimum Gasteiger partial charge on any atom is -0.381 e. The van der Waals surface area contributed by atoms with Crippen LogP contribution in [0, 0.1) is 11.2 Å². The van der Waals surface area contributed by atoms with Gasteiger partial charge in [-0.15, -0.1) is 0 Å². The van der Waals surface area contributed by atoms with Crippen LogP contribution in [0.3, 0.4) is 0 Å². The van der Waals surface area contributed by atoms with Crippen molar-refractivity contribution in [3.05, 3.63) is 68.0 Å². The predicted molar refractivity (Wildman–Crippen MR) is 118 cm³/mol. The summed E-state index contributed by atoms with van der Waals surface area (Å²) in [6.45, 7) is 2.05. The van der Waals surface area contributed by atoms with Crippen LogP contribution >= 0.6 is 11.6 Å². The molecule has 1 amide bonds. The van der Waals surface area contributed by atoms with Gasteiger partial charge in [0.1, 0.15) is 16.6 Å². The molecule has 176 valence electrons. The third-order valence-corrected chi connectivity index (χ3v) is 5.73. The normalized spacial score (nSPS) is 14.9. The van der Waals surface area contributed by atoms with Crippen LogP contribution in [0.4, 0.5) is 18.9 Å². The van der Waals surface area contributed by atoms with Gasteiger partial charge in [-0.1, -0.05) is 17.7 Å². The maximum absolute atomic E-state index is 13.5. The second-order valence-corrected chi connectivity index (χ2v) is 7.80. The van der Waals surface area contributed by atoms with Crippen LogP contribution in [-0.4, -0.2) is 42.0 Å². The number of hydrogen-bond donors (Lipinski definition) is 4. The molecule has 0 saturated heterocycles. The van der Waals surface area contributed by atoms with Gasteiger partial charge in [-0.2, -0.15) is 5.10 Å². The molecule has 1 atom stereocenters. The number of rotatable bonds is 7. The number of anilines is 1. The summed E-state index contributed by atoms with van der Waals surface area (Å²) in [6, 6.07) is 2.53. The quantitative estimate of drug-likeness (QED) is 0.453. The molecular formula is C21H22ClF3N6O2. The minimum absolute atomic E-state index is 0.0529. The Morgan fingerprint density at radius 2 is 2.06 bits per heavy atom. The molecule has 1 unspecified atom stereocenters. The Kier molecular flexibility index (Phi) is 7.42. The number of hydrogen-bond acceptors (Lipinski definition) is 6. The van der Waals surface area contributed by atoms with Crippen molar-refractivity contribution in [2.45, 2.75) is 25.8 Å². The molecule has 1 aromatic carbocycles. The number of carbonyl (C=O) groups excluding carboxylic acids is 1. The highest BCUT2D eigenvalue weighted by atomic mass is 35.5. The first-order chi connectivity index (χ1) is 15.6. The highest BCUT2D eigenvalue weighted by molar-refractivity contribution is 6.44. The first-order valence-corrected chi connectivity index (χ1v) is 10.4. The largest absolute Gasteiger partial charge is 0.381 e. The van der Waals surface area contributed by atoms with Crippen molar-refractivity contribution in [2.24, 2.45) is 0 Å². The van der Waals surface area contributed by atoms with E-state index >= 15 is 0 Å². The van der Waals surface area contributed by atoms with Crippen molar-refractivity contribution in [1.29, 1.82) is 5.41 Å². The molecule has 3 rings (SSSR count). The molecule has 33 heavy (non-hydrogen) atoms. The summed E-state index contributed by atoms with van der Waals surface area (Å²) in [5, 5.41) is 19.8. The molecule has 0 spiro atoms. The van der Waals surface area contributed by atoms with Gasteiger partial charge in [-0.05, 0) is 24.6 Å². The van der Waals surface area contributed by atoms with Crippen LogP contribution in [0.25, 0.3) is 0 Å².